The van der Waals surface area contributed by atoms with Crippen LogP contribution in [-0.4, -0.2) is 10.9 Å². The summed E-state index contributed by atoms with van der Waals surface area (Å²) in [4.78, 5) is 14.8. The number of unbranched alkanes of at least 4 members (excludes halogenated alkanes) is 1. The number of nitrogens with two attached hydrogens (primary N) is 1. The fraction of sp³-hybridized carbons (Fsp3) is 0.294. The van der Waals surface area contributed by atoms with Crippen molar-refractivity contribution in [2.75, 3.05) is 0 Å². The highest BCUT2D eigenvalue weighted by atomic mass is 16.1. The summed E-state index contributed by atoms with van der Waals surface area (Å²) in [6, 6.07) is 12.3. The molecule has 20 heavy (non-hydrogen) atoms. The van der Waals surface area contributed by atoms with Crippen LogP contribution in [0.4, 0.5) is 0 Å². The first-order chi connectivity index (χ1) is 9.74. The molecule has 1 aromatic heterocycles. The van der Waals surface area contributed by atoms with Crippen LogP contribution in [0.2, 0.25) is 0 Å². The van der Waals surface area contributed by atoms with Gasteiger partial charge in [0.25, 0.3) is 0 Å². The number of carbonyl (C=O) groups is 1. The summed E-state index contributed by atoms with van der Waals surface area (Å²) in [5, 5.41) is 0. The van der Waals surface area contributed by atoms with Crippen LogP contribution in [0.5, 0.6) is 0 Å². The minimum Gasteiger partial charge on any atom is -0.369 e. The number of aryl methyl sites for hydroxylation is 2. The summed E-state index contributed by atoms with van der Waals surface area (Å²) in [6.45, 7) is 0. The van der Waals surface area contributed by atoms with E-state index in [1.165, 1.54) is 17.5 Å². The average Bonchev–Trinajstić information content (AvgIpc) is 2.46. The van der Waals surface area contributed by atoms with Crippen LogP contribution in [0.25, 0.3) is 0 Å². The summed E-state index contributed by atoms with van der Waals surface area (Å²) >= 11 is 0. The zero-order valence-corrected chi connectivity index (χ0v) is 11.6. The van der Waals surface area contributed by atoms with Crippen molar-refractivity contribution in [1.82, 2.24) is 4.98 Å². The third-order valence-corrected chi connectivity index (χ3v) is 3.33. The van der Waals surface area contributed by atoms with E-state index in [1.54, 1.807) is 0 Å². The molecule has 0 radical (unpaired) electrons. The van der Waals surface area contributed by atoms with Crippen molar-refractivity contribution in [2.45, 2.75) is 32.1 Å². The molecule has 1 amide bonds. The maximum Gasteiger partial charge on any atom is 0.221 e. The summed E-state index contributed by atoms with van der Waals surface area (Å²) in [7, 11) is 0. The van der Waals surface area contributed by atoms with Crippen molar-refractivity contribution in [3.05, 3.63) is 65.5 Å². The fourth-order valence-electron chi connectivity index (χ4n) is 2.23. The first-order valence-electron chi connectivity index (χ1n) is 6.99. The normalized spacial score (nSPS) is 10.4. The minimum absolute atomic E-state index is 0.282. The minimum atomic E-state index is -0.282. The van der Waals surface area contributed by atoms with Gasteiger partial charge in [0.05, 0.1) is 6.42 Å². The highest BCUT2D eigenvalue weighted by Gasteiger charge is 1.99. The van der Waals surface area contributed by atoms with Crippen molar-refractivity contribution in [2.24, 2.45) is 5.73 Å². The molecule has 0 aliphatic carbocycles. The molecule has 0 aliphatic heterocycles. The molecule has 2 rings (SSSR count). The number of benzene rings is 1. The van der Waals surface area contributed by atoms with Crippen molar-refractivity contribution in [1.29, 1.82) is 0 Å². The first-order valence-corrected chi connectivity index (χ1v) is 6.99. The lowest BCUT2D eigenvalue weighted by atomic mass is 10.0. The zero-order valence-electron chi connectivity index (χ0n) is 11.6. The Morgan fingerprint density at radius 3 is 1.90 bits per heavy atom. The molecule has 0 bridgehead atoms. The van der Waals surface area contributed by atoms with Gasteiger partial charge < -0.3 is 5.73 Å². The van der Waals surface area contributed by atoms with Crippen molar-refractivity contribution in [3.63, 3.8) is 0 Å². The summed E-state index contributed by atoms with van der Waals surface area (Å²) in [5.74, 6) is -0.282. The van der Waals surface area contributed by atoms with Crippen LogP contribution in [0.1, 0.15) is 29.5 Å². The highest BCUT2D eigenvalue weighted by molar-refractivity contribution is 5.76. The van der Waals surface area contributed by atoms with Crippen LogP contribution in [0.3, 0.4) is 0 Å². The second kappa shape index (κ2) is 7.43. The SMILES string of the molecule is NC(=O)Cc1ccc(CCCCc2ccncc2)cc1. The van der Waals surface area contributed by atoms with Gasteiger partial charge in [0.2, 0.25) is 5.91 Å². The Morgan fingerprint density at radius 2 is 1.35 bits per heavy atom. The maximum atomic E-state index is 10.8. The molecule has 0 unspecified atom stereocenters. The number of nitrogens with zero attached hydrogens (tertiary/aromatic N) is 1. The molecule has 0 spiro atoms. The summed E-state index contributed by atoms with van der Waals surface area (Å²) < 4.78 is 0. The van der Waals surface area contributed by atoms with E-state index >= 15 is 0 Å². The number of carbonyl (C=O) groups excluding carboxylic acids is 1. The van der Waals surface area contributed by atoms with E-state index in [0.717, 1.165) is 24.8 Å². The fourth-order valence-corrected chi connectivity index (χ4v) is 2.23. The zero-order chi connectivity index (χ0) is 14.2. The molecule has 0 atom stereocenters. The number of hydrogen-bond donors (Lipinski definition) is 1. The predicted octanol–water partition coefficient (Wildman–Crippen LogP) is 2.67. The van der Waals surface area contributed by atoms with Crippen molar-refractivity contribution in [3.8, 4) is 0 Å². The second-order valence-electron chi connectivity index (χ2n) is 5.02. The van der Waals surface area contributed by atoms with Crippen molar-refractivity contribution >= 4 is 5.91 Å². The van der Waals surface area contributed by atoms with E-state index in [9.17, 15) is 4.79 Å². The van der Waals surface area contributed by atoms with E-state index < -0.39 is 0 Å². The van der Waals surface area contributed by atoms with Gasteiger partial charge in [-0.25, -0.2) is 0 Å². The Bertz CT molecular complexity index is 535. The van der Waals surface area contributed by atoms with Gasteiger partial charge in [0, 0.05) is 12.4 Å². The molecule has 1 aromatic carbocycles. The highest BCUT2D eigenvalue weighted by Crippen LogP contribution is 2.10. The van der Waals surface area contributed by atoms with Crippen LogP contribution < -0.4 is 5.73 Å². The van der Waals surface area contributed by atoms with Crippen LogP contribution >= 0.6 is 0 Å². The van der Waals surface area contributed by atoms with E-state index in [0.29, 0.717) is 6.42 Å². The third kappa shape index (κ3) is 4.84. The number of primary amides is 1. The number of amides is 1. The van der Waals surface area contributed by atoms with Crippen molar-refractivity contribution < 1.29 is 4.79 Å². The number of hydrogen-bond acceptors (Lipinski definition) is 2. The Balaban J connectivity index is 1.73. The Kier molecular flexibility index (Phi) is 5.30. The molecule has 3 heteroatoms. The Hall–Kier alpha value is -2.16. The largest absolute Gasteiger partial charge is 0.369 e. The van der Waals surface area contributed by atoms with Crippen LogP contribution in [-0.2, 0) is 24.1 Å². The molecule has 2 N–H and O–H groups in total. The first kappa shape index (κ1) is 14.3. The summed E-state index contributed by atoms with van der Waals surface area (Å²) in [5.41, 5.74) is 8.81. The standard InChI is InChI=1S/C17H20N2O/c18-17(20)13-16-7-5-14(6-8-16)3-1-2-4-15-9-11-19-12-10-15/h5-12H,1-4,13H2,(H2,18,20). The van der Waals surface area contributed by atoms with Gasteiger partial charge in [-0.05, 0) is 54.5 Å². The van der Waals surface area contributed by atoms with Gasteiger partial charge in [0.1, 0.15) is 0 Å². The van der Waals surface area contributed by atoms with Gasteiger partial charge in [0.15, 0.2) is 0 Å². The predicted molar refractivity (Wildman–Crippen MR) is 80.2 cm³/mol. The summed E-state index contributed by atoms with van der Waals surface area (Å²) in [6.07, 6.45) is 8.51. The molecule has 1 heterocycles. The number of rotatable bonds is 7. The Labute approximate surface area is 119 Å². The molecule has 0 saturated heterocycles. The van der Waals surface area contributed by atoms with Gasteiger partial charge in [-0.1, -0.05) is 24.3 Å². The Morgan fingerprint density at radius 1 is 0.850 bits per heavy atom. The quantitative estimate of drug-likeness (QED) is 0.785. The molecule has 3 nitrogen and oxygen atoms in total. The van der Waals surface area contributed by atoms with Gasteiger partial charge in [-0.2, -0.15) is 0 Å². The lowest BCUT2D eigenvalue weighted by Crippen LogP contribution is -2.13. The van der Waals surface area contributed by atoms with Crippen LogP contribution in [0, 0.1) is 0 Å². The number of pyridine rings is 1. The van der Waals surface area contributed by atoms with Gasteiger partial charge in [-0.3, -0.25) is 9.78 Å². The molecule has 0 fully saturated rings. The second-order valence-corrected chi connectivity index (χ2v) is 5.02. The van der Waals surface area contributed by atoms with E-state index in [2.05, 4.69) is 29.2 Å². The molecule has 2 aromatic rings. The van der Waals surface area contributed by atoms with E-state index in [-0.39, 0.29) is 5.91 Å². The molecular weight excluding hydrogens is 248 g/mol. The third-order valence-electron chi connectivity index (χ3n) is 3.33. The van der Waals surface area contributed by atoms with E-state index in [4.69, 9.17) is 5.73 Å². The lowest BCUT2D eigenvalue weighted by molar-refractivity contribution is -0.117. The lowest BCUT2D eigenvalue weighted by Gasteiger charge is -2.04. The molecular formula is C17H20N2O. The molecule has 0 saturated carbocycles. The van der Waals surface area contributed by atoms with Gasteiger partial charge in [-0.15, -0.1) is 0 Å². The van der Waals surface area contributed by atoms with Crippen LogP contribution in [0.15, 0.2) is 48.8 Å². The monoisotopic (exact) mass is 268 g/mol. The van der Waals surface area contributed by atoms with Gasteiger partial charge >= 0.3 is 0 Å². The molecule has 0 aliphatic rings. The number of aromatic nitrogens is 1. The molecule has 104 valence electrons. The average molecular weight is 268 g/mol. The topological polar surface area (TPSA) is 56.0 Å². The smallest absolute Gasteiger partial charge is 0.221 e. The maximum absolute atomic E-state index is 10.8. The van der Waals surface area contributed by atoms with E-state index in [1.807, 2.05) is 24.5 Å².